The van der Waals surface area contributed by atoms with Crippen molar-refractivity contribution in [3.8, 4) is 5.69 Å². The number of carboxylic acids is 1. The van der Waals surface area contributed by atoms with Crippen LogP contribution in [-0.4, -0.2) is 49.9 Å². The monoisotopic (exact) mass is 448 g/mol. The number of carboxylic acid groups (broad SMARTS) is 1. The second kappa shape index (κ2) is 8.72. The molecule has 3 atom stereocenters. The topological polar surface area (TPSA) is 79.6 Å². The lowest BCUT2D eigenvalue weighted by molar-refractivity contribution is 0.0696. The molecule has 0 amide bonds. The van der Waals surface area contributed by atoms with Crippen molar-refractivity contribution in [2.24, 2.45) is 0 Å². The molecule has 2 N–H and O–H groups in total. The van der Waals surface area contributed by atoms with Gasteiger partial charge in [-0.3, -0.25) is 4.98 Å². The molecule has 0 radical (unpaired) electrons. The summed E-state index contributed by atoms with van der Waals surface area (Å²) in [5.41, 5.74) is 2.95. The predicted molar refractivity (Wildman–Crippen MR) is 124 cm³/mol. The molecule has 8 heteroatoms. The molecule has 1 aromatic carbocycles. The first kappa shape index (κ1) is 20.7. The molecule has 0 saturated carbocycles. The zero-order valence-electron chi connectivity index (χ0n) is 17.4. The van der Waals surface area contributed by atoms with E-state index in [1.54, 1.807) is 24.4 Å². The van der Waals surface area contributed by atoms with Gasteiger partial charge in [0.15, 0.2) is 5.11 Å². The molecule has 164 valence electrons. The van der Waals surface area contributed by atoms with Crippen molar-refractivity contribution in [1.29, 1.82) is 0 Å². The molecule has 32 heavy (non-hydrogen) atoms. The Kier molecular flexibility index (Phi) is 5.63. The molecule has 0 bridgehead atoms. The van der Waals surface area contributed by atoms with Gasteiger partial charge in [-0.2, -0.15) is 0 Å². The van der Waals surface area contributed by atoms with Crippen molar-refractivity contribution in [3.63, 3.8) is 0 Å². The Morgan fingerprint density at radius 3 is 2.88 bits per heavy atom. The van der Waals surface area contributed by atoms with Gasteiger partial charge in [-0.1, -0.05) is 12.1 Å². The number of thiocarbonyl (C=S) groups is 1. The van der Waals surface area contributed by atoms with Gasteiger partial charge in [0.1, 0.15) is 0 Å². The van der Waals surface area contributed by atoms with Crippen molar-refractivity contribution >= 4 is 23.3 Å². The largest absolute Gasteiger partial charge is 0.478 e. The van der Waals surface area contributed by atoms with E-state index >= 15 is 0 Å². The van der Waals surface area contributed by atoms with Gasteiger partial charge in [-0.05, 0) is 67.5 Å². The van der Waals surface area contributed by atoms with Gasteiger partial charge < -0.3 is 24.6 Å². The Balaban J connectivity index is 1.57. The molecule has 4 heterocycles. The van der Waals surface area contributed by atoms with E-state index in [-0.39, 0.29) is 23.8 Å². The van der Waals surface area contributed by atoms with Crippen molar-refractivity contribution < 1.29 is 14.6 Å². The summed E-state index contributed by atoms with van der Waals surface area (Å²) in [5.74, 6) is -0.948. The number of aromatic carboxylic acids is 1. The van der Waals surface area contributed by atoms with Crippen LogP contribution in [0.5, 0.6) is 0 Å². The lowest BCUT2D eigenvalue weighted by Crippen LogP contribution is -2.36. The maximum Gasteiger partial charge on any atom is 0.335 e. The molecule has 2 fully saturated rings. The third-order valence-electron chi connectivity index (χ3n) is 6.08. The smallest absolute Gasteiger partial charge is 0.335 e. The summed E-state index contributed by atoms with van der Waals surface area (Å²) in [4.78, 5) is 18.3. The van der Waals surface area contributed by atoms with Crippen LogP contribution in [0.1, 0.15) is 46.7 Å². The number of benzene rings is 1. The average Bonchev–Trinajstić information content (AvgIpc) is 3.56. The fourth-order valence-corrected chi connectivity index (χ4v) is 4.91. The zero-order valence-corrected chi connectivity index (χ0v) is 18.2. The third kappa shape index (κ3) is 3.87. The first-order chi connectivity index (χ1) is 15.6. The summed E-state index contributed by atoms with van der Waals surface area (Å²) >= 11 is 5.76. The highest BCUT2D eigenvalue weighted by atomic mass is 32.1. The minimum atomic E-state index is -0.948. The highest BCUT2D eigenvalue weighted by molar-refractivity contribution is 7.80. The number of nitrogens with zero attached hydrogens (tertiary/aromatic N) is 3. The van der Waals surface area contributed by atoms with E-state index in [0.717, 1.165) is 36.5 Å². The van der Waals surface area contributed by atoms with Gasteiger partial charge in [0.05, 0.1) is 29.4 Å². The number of aromatic nitrogens is 2. The van der Waals surface area contributed by atoms with Crippen LogP contribution in [0.3, 0.4) is 0 Å². The van der Waals surface area contributed by atoms with Crippen LogP contribution < -0.4 is 5.32 Å². The maximum absolute atomic E-state index is 11.5. The van der Waals surface area contributed by atoms with E-state index in [9.17, 15) is 9.90 Å². The van der Waals surface area contributed by atoms with Gasteiger partial charge >= 0.3 is 5.97 Å². The molecule has 3 aromatic rings. The first-order valence-electron chi connectivity index (χ1n) is 10.7. The lowest BCUT2D eigenvalue weighted by atomic mass is 10.0. The summed E-state index contributed by atoms with van der Waals surface area (Å²) in [6.45, 7) is 1.48. The molecule has 0 spiro atoms. The van der Waals surface area contributed by atoms with Gasteiger partial charge in [0, 0.05) is 36.9 Å². The Hall–Kier alpha value is -3.23. The lowest BCUT2D eigenvalue weighted by Gasteiger charge is -2.30. The van der Waals surface area contributed by atoms with Crippen LogP contribution in [0.4, 0.5) is 0 Å². The van der Waals surface area contributed by atoms with Crippen LogP contribution >= 0.6 is 12.2 Å². The fourth-order valence-electron chi connectivity index (χ4n) is 4.59. The summed E-state index contributed by atoms with van der Waals surface area (Å²) < 4.78 is 7.94. The number of hydrogen-bond donors (Lipinski definition) is 2. The summed E-state index contributed by atoms with van der Waals surface area (Å²) in [6.07, 6.45) is 5.96. The number of ether oxygens (including phenoxy) is 1. The first-order valence-corrected chi connectivity index (χ1v) is 11.1. The van der Waals surface area contributed by atoms with E-state index < -0.39 is 5.97 Å². The SMILES string of the molecule is O=C(O)c1cccc(-n2cccc2[C@H]2[C@@H](c3ccccn3)NC(=S)N2C[C@@H]2CCCO2)c1. The molecule has 2 aliphatic rings. The molecule has 0 unspecified atom stereocenters. The molecule has 2 aliphatic heterocycles. The Labute approximate surface area is 191 Å². The molecule has 2 aromatic heterocycles. The van der Waals surface area contributed by atoms with Crippen LogP contribution in [-0.2, 0) is 4.74 Å². The van der Waals surface area contributed by atoms with Crippen LogP contribution in [0.2, 0.25) is 0 Å². The average molecular weight is 449 g/mol. The van der Waals surface area contributed by atoms with Crippen LogP contribution in [0.15, 0.2) is 67.0 Å². The Bertz CT molecular complexity index is 1130. The van der Waals surface area contributed by atoms with Gasteiger partial charge in [-0.25, -0.2) is 4.79 Å². The fraction of sp³-hybridized carbons (Fsp3) is 0.292. The highest BCUT2D eigenvalue weighted by Gasteiger charge is 2.42. The minimum Gasteiger partial charge on any atom is -0.478 e. The summed E-state index contributed by atoms with van der Waals surface area (Å²) in [6, 6.07) is 16.6. The third-order valence-corrected chi connectivity index (χ3v) is 6.43. The maximum atomic E-state index is 11.5. The summed E-state index contributed by atoms with van der Waals surface area (Å²) in [7, 11) is 0. The molecule has 0 aliphatic carbocycles. The number of hydrogen-bond acceptors (Lipinski definition) is 4. The second-order valence-corrected chi connectivity index (χ2v) is 8.46. The van der Waals surface area contributed by atoms with E-state index in [2.05, 4.69) is 21.3 Å². The zero-order chi connectivity index (χ0) is 22.1. The molecular formula is C24H24N4O3S. The number of nitrogens with one attached hydrogen (secondary N) is 1. The standard InChI is InChI=1S/C24H24N4O3S/c29-23(30)16-6-3-7-17(14-16)27-12-4-10-20(27)22-21(19-9-1-2-11-25-19)26-24(32)28(22)15-18-8-5-13-31-18/h1-4,6-7,9-12,14,18,21-22H,5,8,13,15H2,(H,26,32)(H,29,30)/t18-,21+,22-/m0/s1. The van der Waals surface area contributed by atoms with E-state index in [1.807, 2.05) is 41.1 Å². The molecular weight excluding hydrogens is 424 g/mol. The molecule has 5 rings (SSSR count). The molecule has 2 saturated heterocycles. The highest BCUT2D eigenvalue weighted by Crippen LogP contribution is 2.40. The van der Waals surface area contributed by atoms with Gasteiger partial charge in [0.25, 0.3) is 0 Å². The minimum absolute atomic E-state index is 0.120. The number of carbonyl (C=O) groups is 1. The van der Waals surface area contributed by atoms with Gasteiger partial charge in [-0.15, -0.1) is 0 Å². The van der Waals surface area contributed by atoms with Crippen LogP contribution in [0.25, 0.3) is 5.69 Å². The molecule has 7 nitrogen and oxygen atoms in total. The normalized spacial score (nSPS) is 22.8. The quantitative estimate of drug-likeness (QED) is 0.557. The van der Waals surface area contributed by atoms with Gasteiger partial charge in [0.2, 0.25) is 0 Å². The summed E-state index contributed by atoms with van der Waals surface area (Å²) in [5, 5.41) is 13.6. The predicted octanol–water partition coefficient (Wildman–Crippen LogP) is 3.72. The number of rotatable bonds is 6. The Morgan fingerprint density at radius 1 is 1.22 bits per heavy atom. The Morgan fingerprint density at radius 2 is 2.12 bits per heavy atom. The van der Waals surface area contributed by atoms with Crippen molar-refractivity contribution in [3.05, 3.63) is 83.9 Å². The van der Waals surface area contributed by atoms with Crippen molar-refractivity contribution in [1.82, 2.24) is 19.8 Å². The van der Waals surface area contributed by atoms with Crippen LogP contribution in [0, 0.1) is 0 Å². The van der Waals surface area contributed by atoms with E-state index in [0.29, 0.717) is 11.7 Å². The number of pyridine rings is 1. The van der Waals surface area contributed by atoms with E-state index in [1.165, 1.54) is 0 Å². The second-order valence-electron chi connectivity index (χ2n) is 8.07. The van der Waals surface area contributed by atoms with Crippen molar-refractivity contribution in [2.75, 3.05) is 13.2 Å². The van der Waals surface area contributed by atoms with Crippen molar-refractivity contribution in [2.45, 2.75) is 31.0 Å². The van der Waals surface area contributed by atoms with E-state index in [4.69, 9.17) is 17.0 Å².